The van der Waals surface area contributed by atoms with Crippen molar-refractivity contribution in [1.29, 1.82) is 0 Å². The molecule has 0 saturated heterocycles. The number of carbonyl (C=O) groups excluding carboxylic acids is 2. The average molecular weight is 400 g/mol. The van der Waals surface area contributed by atoms with Gasteiger partial charge in [0.1, 0.15) is 11.8 Å². The van der Waals surface area contributed by atoms with Crippen molar-refractivity contribution in [2.45, 2.75) is 32.9 Å². The second kappa shape index (κ2) is 10.3. The Morgan fingerprint density at radius 2 is 1.81 bits per heavy atom. The fraction of sp³-hybridized carbons (Fsp3) is 0.556. The Bertz CT molecular complexity index is 734. The number of hydrogen-bond donors (Lipinski definition) is 1. The minimum Gasteiger partial charge on any atom is -0.497 e. The maximum absolute atomic E-state index is 12.8. The maximum atomic E-state index is 12.8. The summed E-state index contributed by atoms with van der Waals surface area (Å²) in [6.45, 7) is 3.93. The van der Waals surface area contributed by atoms with Crippen LogP contribution >= 0.6 is 0 Å². The molecular formula is C18H29N3O5S. The molecule has 0 radical (unpaired) electrons. The Morgan fingerprint density at radius 3 is 2.30 bits per heavy atom. The van der Waals surface area contributed by atoms with E-state index >= 15 is 0 Å². The van der Waals surface area contributed by atoms with Crippen LogP contribution in [0.3, 0.4) is 0 Å². The molecule has 0 heterocycles. The van der Waals surface area contributed by atoms with Gasteiger partial charge in [0.2, 0.25) is 21.8 Å². The van der Waals surface area contributed by atoms with Gasteiger partial charge in [0.05, 0.1) is 19.9 Å². The summed E-state index contributed by atoms with van der Waals surface area (Å²) >= 11 is 0. The van der Waals surface area contributed by atoms with Crippen LogP contribution in [0.2, 0.25) is 0 Å². The van der Waals surface area contributed by atoms with E-state index in [1.165, 1.54) is 11.9 Å². The molecule has 0 bridgehead atoms. The number of benzene rings is 1. The van der Waals surface area contributed by atoms with Crippen LogP contribution in [-0.2, 0) is 26.2 Å². The SMILES string of the molecule is CCCNC(=O)[C@H](C)N(Cc1ccc(OC)cc1)C(=O)CN(C)S(C)(=O)=O. The lowest BCUT2D eigenvalue weighted by atomic mass is 10.1. The van der Waals surface area contributed by atoms with Crippen LogP contribution in [0.4, 0.5) is 0 Å². The molecule has 0 fully saturated rings. The van der Waals surface area contributed by atoms with E-state index in [1.54, 1.807) is 38.3 Å². The van der Waals surface area contributed by atoms with E-state index in [-0.39, 0.29) is 19.0 Å². The van der Waals surface area contributed by atoms with Crippen molar-refractivity contribution in [1.82, 2.24) is 14.5 Å². The Kier molecular flexibility index (Phi) is 8.71. The summed E-state index contributed by atoms with van der Waals surface area (Å²) in [5.41, 5.74) is 0.807. The molecule has 0 spiro atoms. The van der Waals surface area contributed by atoms with Gasteiger partial charge in [0, 0.05) is 20.1 Å². The number of amides is 2. The van der Waals surface area contributed by atoms with Crippen molar-refractivity contribution in [3.8, 4) is 5.75 Å². The highest BCUT2D eigenvalue weighted by Gasteiger charge is 2.28. The van der Waals surface area contributed by atoms with Crippen molar-refractivity contribution < 1.29 is 22.7 Å². The zero-order valence-electron chi connectivity index (χ0n) is 16.6. The first-order valence-corrected chi connectivity index (χ1v) is 10.6. The van der Waals surface area contributed by atoms with Gasteiger partial charge in [-0.15, -0.1) is 0 Å². The molecule has 27 heavy (non-hydrogen) atoms. The number of likely N-dealkylation sites (N-methyl/N-ethyl adjacent to an activating group) is 1. The summed E-state index contributed by atoms with van der Waals surface area (Å²) in [5, 5.41) is 2.77. The quantitative estimate of drug-likeness (QED) is 0.629. The molecule has 0 unspecified atom stereocenters. The number of methoxy groups -OCH3 is 1. The van der Waals surface area contributed by atoms with Crippen LogP contribution in [0.15, 0.2) is 24.3 Å². The lowest BCUT2D eigenvalue weighted by Gasteiger charge is -2.30. The van der Waals surface area contributed by atoms with Gasteiger partial charge < -0.3 is 15.0 Å². The van der Waals surface area contributed by atoms with Crippen LogP contribution in [0.25, 0.3) is 0 Å². The lowest BCUT2D eigenvalue weighted by Crippen LogP contribution is -2.50. The van der Waals surface area contributed by atoms with Gasteiger partial charge in [-0.3, -0.25) is 9.59 Å². The molecular weight excluding hydrogens is 370 g/mol. The standard InChI is InChI=1S/C18H29N3O5S/c1-6-11-19-18(23)14(2)21(17(22)13-20(3)27(5,24)25)12-15-7-9-16(26-4)10-8-15/h7-10,14H,6,11-13H2,1-5H3,(H,19,23)/t14-/m0/s1. The monoisotopic (exact) mass is 399 g/mol. The van der Waals surface area contributed by atoms with Crippen molar-refractivity contribution in [3.63, 3.8) is 0 Å². The van der Waals surface area contributed by atoms with Crippen molar-refractivity contribution in [2.75, 3.05) is 33.5 Å². The molecule has 1 N–H and O–H groups in total. The number of carbonyl (C=O) groups is 2. The smallest absolute Gasteiger partial charge is 0.242 e. The molecule has 152 valence electrons. The highest BCUT2D eigenvalue weighted by Crippen LogP contribution is 2.15. The van der Waals surface area contributed by atoms with Gasteiger partial charge in [-0.05, 0) is 31.0 Å². The van der Waals surface area contributed by atoms with Crippen LogP contribution in [0.1, 0.15) is 25.8 Å². The van der Waals surface area contributed by atoms with Gasteiger partial charge in [0.15, 0.2) is 0 Å². The largest absolute Gasteiger partial charge is 0.497 e. The highest BCUT2D eigenvalue weighted by atomic mass is 32.2. The van der Waals surface area contributed by atoms with E-state index < -0.39 is 22.0 Å². The number of nitrogens with zero attached hydrogens (tertiary/aromatic N) is 2. The van der Waals surface area contributed by atoms with Crippen LogP contribution < -0.4 is 10.1 Å². The second-order valence-corrected chi connectivity index (χ2v) is 8.45. The zero-order valence-corrected chi connectivity index (χ0v) is 17.4. The first-order chi connectivity index (χ1) is 12.6. The van der Waals surface area contributed by atoms with Crippen LogP contribution in [0.5, 0.6) is 5.75 Å². The third kappa shape index (κ3) is 7.18. The number of ether oxygens (including phenoxy) is 1. The molecule has 8 nitrogen and oxygen atoms in total. The molecule has 0 aromatic heterocycles. The summed E-state index contributed by atoms with van der Waals surface area (Å²) in [4.78, 5) is 26.5. The lowest BCUT2D eigenvalue weighted by molar-refractivity contribution is -0.140. The molecule has 9 heteroatoms. The summed E-state index contributed by atoms with van der Waals surface area (Å²) in [7, 11) is -0.609. The number of nitrogens with one attached hydrogen (secondary N) is 1. The molecule has 2 amide bonds. The summed E-state index contributed by atoms with van der Waals surface area (Å²) < 4.78 is 29.3. The Labute approximate surface area is 161 Å². The molecule has 1 aromatic rings. The second-order valence-electron chi connectivity index (χ2n) is 6.36. The predicted octanol–water partition coefficient (Wildman–Crippen LogP) is 0.830. The molecule has 0 aliphatic heterocycles. The third-order valence-electron chi connectivity index (χ3n) is 4.15. The fourth-order valence-electron chi connectivity index (χ4n) is 2.30. The molecule has 1 rings (SSSR count). The van der Waals surface area contributed by atoms with E-state index in [4.69, 9.17) is 4.74 Å². The molecule has 0 aliphatic carbocycles. The van der Waals surface area contributed by atoms with Crippen molar-refractivity contribution in [3.05, 3.63) is 29.8 Å². The summed E-state index contributed by atoms with van der Waals surface area (Å²) in [6, 6.07) is 6.40. The number of rotatable bonds is 10. The normalized spacial score (nSPS) is 12.5. The first kappa shape index (κ1) is 22.9. The Morgan fingerprint density at radius 1 is 1.22 bits per heavy atom. The maximum Gasteiger partial charge on any atom is 0.242 e. The predicted molar refractivity (Wildman–Crippen MR) is 104 cm³/mol. The van der Waals surface area contributed by atoms with E-state index in [9.17, 15) is 18.0 Å². The average Bonchev–Trinajstić information content (AvgIpc) is 2.63. The Hall–Kier alpha value is -2.13. The number of sulfonamides is 1. The summed E-state index contributed by atoms with van der Waals surface area (Å²) in [5.74, 6) is -0.0409. The number of hydrogen-bond acceptors (Lipinski definition) is 5. The molecule has 0 aliphatic rings. The van der Waals surface area contributed by atoms with E-state index in [1.807, 2.05) is 6.92 Å². The van der Waals surface area contributed by atoms with E-state index in [2.05, 4.69) is 5.32 Å². The Balaban J connectivity index is 3.02. The van der Waals surface area contributed by atoms with Crippen LogP contribution in [0, 0.1) is 0 Å². The minimum atomic E-state index is -3.50. The van der Waals surface area contributed by atoms with Crippen LogP contribution in [-0.4, -0.2) is 69.0 Å². The third-order valence-corrected chi connectivity index (χ3v) is 5.41. The first-order valence-electron chi connectivity index (χ1n) is 8.71. The van der Waals surface area contributed by atoms with E-state index in [0.29, 0.717) is 12.3 Å². The molecule has 1 aromatic carbocycles. The van der Waals surface area contributed by atoms with Gasteiger partial charge in [-0.2, -0.15) is 4.31 Å². The minimum absolute atomic E-state index is 0.182. The van der Waals surface area contributed by atoms with E-state index in [0.717, 1.165) is 22.5 Å². The van der Waals surface area contributed by atoms with Crippen molar-refractivity contribution in [2.24, 2.45) is 0 Å². The highest BCUT2D eigenvalue weighted by molar-refractivity contribution is 7.88. The summed E-state index contributed by atoms with van der Waals surface area (Å²) in [6.07, 6.45) is 1.81. The zero-order chi connectivity index (χ0) is 20.6. The van der Waals surface area contributed by atoms with Gasteiger partial charge in [-0.25, -0.2) is 8.42 Å². The van der Waals surface area contributed by atoms with Gasteiger partial charge in [0.25, 0.3) is 0 Å². The fourth-order valence-corrected chi connectivity index (χ4v) is 2.65. The van der Waals surface area contributed by atoms with Gasteiger partial charge >= 0.3 is 0 Å². The van der Waals surface area contributed by atoms with Crippen molar-refractivity contribution >= 4 is 21.8 Å². The van der Waals surface area contributed by atoms with Gasteiger partial charge in [-0.1, -0.05) is 19.1 Å². The molecule has 0 saturated carbocycles. The molecule has 1 atom stereocenters. The topological polar surface area (TPSA) is 96.0 Å².